The van der Waals surface area contributed by atoms with Gasteiger partial charge >= 0.3 is 17.6 Å². The zero-order valence-corrected chi connectivity index (χ0v) is 17.1. The number of carbonyl (C=O) groups excluding carboxylic acids is 3. The van der Waals surface area contributed by atoms with Gasteiger partial charge in [-0.1, -0.05) is 6.92 Å². The second kappa shape index (κ2) is 9.28. The molecule has 11 nitrogen and oxygen atoms in total. The molecule has 0 saturated carbocycles. The van der Waals surface area contributed by atoms with Crippen LogP contribution in [0.25, 0.3) is 0 Å². The Hall–Kier alpha value is -3.28. The van der Waals surface area contributed by atoms with Crippen molar-refractivity contribution < 1.29 is 28.8 Å². The first-order valence-electron chi connectivity index (χ1n) is 8.68. The Morgan fingerprint density at radius 3 is 2.55 bits per heavy atom. The summed E-state index contributed by atoms with van der Waals surface area (Å²) in [6.45, 7) is 5.28. The van der Waals surface area contributed by atoms with Crippen molar-refractivity contribution in [2.45, 2.75) is 27.2 Å². The van der Waals surface area contributed by atoms with Crippen LogP contribution in [0.2, 0.25) is 0 Å². The van der Waals surface area contributed by atoms with E-state index in [1.165, 1.54) is 14.0 Å². The molecule has 2 heterocycles. The summed E-state index contributed by atoms with van der Waals surface area (Å²) in [4.78, 5) is 47.8. The predicted molar refractivity (Wildman–Crippen MR) is 103 cm³/mol. The molecule has 0 unspecified atom stereocenters. The molecule has 2 aromatic heterocycles. The number of rotatable bonds is 8. The zero-order chi connectivity index (χ0) is 21.7. The molecule has 0 atom stereocenters. The van der Waals surface area contributed by atoms with E-state index in [1.807, 2.05) is 6.92 Å². The number of nitro groups is 1. The minimum atomic E-state index is -0.890. The molecule has 12 heteroatoms. The summed E-state index contributed by atoms with van der Waals surface area (Å²) in [6.07, 6.45) is 1.68. The Bertz CT molecular complexity index is 963. The number of nitrogens with one attached hydrogen (secondary N) is 1. The van der Waals surface area contributed by atoms with Crippen molar-refractivity contribution >= 4 is 39.9 Å². The van der Waals surface area contributed by atoms with Gasteiger partial charge in [-0.15, -0.1) is 11.3 Å². The van der Waals surface area contributed by atoms with Gasteiger partial charge in [0, 0.05) is 7.05 Å². The lowest BCUT2D eigenvalue weighted by molar-refractivity contribution is -0.385. The van der Waals surface area contributed by atoms with Gasteiger partial charge in [-0.3, -0.25) is 19.6 Å². The van der Waals surface area contributed by atoms with Gasteiger partial charge in [-0.25, -0.2) is 9.59 Å². The topological polar surface area (TPSA) is 143 Å². The quantitative estimate of drug-likeness (QED) is 0.387. The molecule has 1 amide bonds. The van der Waals surface area contributed by atoms with Crippen LogP contribution in [-0.2, 0) is 16.5 Å². The second-order valence-electron chi connectivity index (χ2n) is 5.86. The molecule has 2 aromatic rings. The van der Waals surface area contributed by atoms with E-state index in [4.69, 9.17) is 9.47 Å². The molecule has 0 fully saturated rings. The van der Waals surface area contributed by atoms with Gasteiger partial charge < -0.3 is 14.8 Å². The van der Waals surface area contributed by atoms with Gasteiger partial charge in [0.1, 0.15) is 16.1 Å². The van der Waals surface area contributed by atoms with Crippen LogP contribution in [-0.4, -0.2) is 45.8 Å². The van der Waals surface area contributed by atoms with Crippen molar-refractivity contribution in [2.75, 3.05) is 18.5 Å². The van der Waals surface area contributed by atoms with E-state index >= 15 is 0 Å². The van der Waals surface area contributed by atoms with Crippen molar-refractivity contribution in [1.82, 2.24) is 9.78 Å². The Labute approximate surface area is 169 Å². The first-order valence-corrected chi connectivity index (χ1v) is 9.49. The van der Waals surface area contributed by atoms with E-state index in [0.717, 1.165) is 22.2 Å². The maximum absolute atomic E-state index is 12.6. The zero-order valence-electron chi connectivity index (χ0n) is 16.3. The van der Waals surface area contributed by atoms with Gasteiger partial charge in [0.15, 0.2) is 0 Å². The molecule has 0 spiro atoms. The number of thiophene rings is 1. The summed E-state index contributed by atoms with van der Waals surface area (Å²) < 4.78 is 11.3. The largest absolute Gasteiger partial charge is 0.462 e. The fourth-order valence-electron chi connectivity index (χ4n) is 2.44. The summed E-state index contributed by atoms with van der Waals surface area (Å²) in [5, 5.41) is 17.4. The highest BCUT2D eigenvalue weighted by Crippen LogP contribution is 2.35. The van der Waals surface area contributed by atoms with Crippen molar-refractivity contribution in [3.63, 3.8) is 0 Å². The minimum absolute atomic E-state index is 0.00145. The molecule has 0 radical (unpaired) electrons. The SMILES string of the molecule is CCCOC(=O)c1c(NC(=O)c2nn(C)cc2[N+](=O)[O-])sc(C(=O)OCC)c1C. The standard InChI is InChI=1S/C17H20N4O7S/c1-5-7-28-16(23)11-9(3)13(17(24)27-6-2)29-15(11)18-14(22)12-10(21(25)26)8-20(4)19-12/h8H,5-7H2,1-4H3,(H,18,22). The molecule has 0 aliphatic heterocycles. The number of aromatic nitrogens is 2. The van der Waals surface area contributed by atoms with Crippen LogP contribution in [0.4, 0.5) is 10.7 Å². The van der Waals surface area contributed by atoms with E-state index in [1.54, 1.807) is 6.92 Å². The van der Waals surface area contributed by atoms with Gasteiger partial charge in [-0.2, -0.15) is 5.10 Å². The van der Waals surface area contributed by atoms with Gasteiger partial charge in [0.05, 0.1) is 23.7 Å². The summed E-state index contributed by atoms with van der Waals surface area (Å²) in [7, 11) is 1.44. The number of hydrogen-bond acceptors (Lipinski definition) is 9. The van der Waals surface area contributed by atoms with Crippen molar-refractivity contribution in [2.24, 2.45) is 7.05 Å². The summed E-state index contributed by atoms with van der Waals surface area (Å²) in [5.41, 5.74) is -0.619. The highest BCUT2D eigenvalue weighted by molar-refractivity contribution is 7.18. The van der Waals surface area contributed by atoms with Gasteiger partial charge in [0.25, 0.3) is 5.91 Å². The highest BCUT2D eigenvalue weighted by Gasteiger charge is 2.30. The molecular formula is C17H20N4O7S. The molecule has 2 rings (SSSR count). The smallest absolute Gasteiger partial charge is 0.348 e. The Morgan fingerprint density at radius 2 is 1.97 bits per heavy atom. The molecule has 1 N–H and O–H groups in total. The molecule has 0 aliphatic rings. The number of esters is 2. The number of nitrogens with zero attached hydrogens (tertiary/aromatic N) is 3. The van der Waals surface area contributed by atoms with Gasteiger partial charge in [-0.05, 0) is 25.8 Å². The van der Waals surface area contributed by atoms with Crippen molar-refractivity contribution in [3.05, 3.63) is 38.0 Å². The van der Waals surface area contributed by atoms with Crippen LogP contribution in [0, 0.1) is 17.0 Å². The number of aryl methyl sites for hydroxylation is 1. The maximum Gasteiger partial charge on any atom is 0.348 e. The van der Waals surface area contributed by atoms with E-state index < -0.39 is 34.2 Å². The molecule has 0 bridgehead atoms. The summed E-state index contributed by atoms with van der Waals surface area (Å²) >= 11 is 0.828. The molecule has 29 heavy (non-hydrogen) atoms. The third-order valence-corrected chi connectivity index (χ3v) is 4.88. The predicted octanol–water partition coefficient (Wildman–Crippen LogP) is 2.69. The molecule has 156 valence electrons. The van der Waals surface area contributed by atoms with Crippen LogP contribution in [0.1, 0.15) is 56.3 Å². The normalized spacial score (nSPS) is 10.5. The number of amides is 1. The lowest BCUT2D eigenvalue weighted by atomic mass is 10.1. The third kappa shape index (κ3) is 4.77. The number of hydrogen-bond donors (Lipinski definition) is 1. The Morgan fingerprint density at radius 1 is 1.28 bits per heavy atom. The van der Waals surface area contributed by atoms with Crippen molar-refractivity contribution in [1.29, 1.82) is 0 Å². The van der Waals surface area contributed by atoms with Crippen LogP contribution >= 0.6 is 11.3 Å². The minimum Gasteiger partial charge on any atom is -0.462 e. The van der Waals surface area contributed by atoms with Crippen LogP contribution < -0.4 is 5.32 Å². The van der Waals surface area contributed by atoms with E-state index in [2.05, 4.69) is 10.4 Å². The van der Waals surface area contributed by atoms with Crippen LogP contribution in [0.3, 0.4) is 0 Å². The van der Waals surface area contributed by atoms with Crippen molar-refractivity contribution in [3.8, 4) is 0 Å². The maximum atomic E-state index is 12.6. The van der Waals surface area contributed by atoms with Crippen LogP contribution in [0.15, 0.2) is 6.20 Å². The van der Waals surface area contributed by atoms with E-state index in [9.17, 15) is 24.5 Å². The molecule has 0 aliphatic carbocycles. The van der Waals surface area contributed by atoms with E-state index in [-0.39, 0.29) is 28.7 Å². The lowest BCUT2D eigenvalue weighted by Crippen LogP contribution is -2.17. The fraction of sp³-hybridized carbons (Fsp3) is 0.412. The molecular weight excluding hydrogens is 404 g/mol. The highest BCUT2D eigenvalue weighted by atomic mass is 32.1. The first-order chi connectivity index (χ1) is 13.7. The third-order valence-electron chi connectivity index (χ3n) is 3.70. The molecule has 0 aromatic carbocycles. The summed E-state index contributed by atoms with van der Waals surface area (Å²) in [6, 6.07) is 0. The Balaban J connectivity index is 2.46. The number of anilines is 1. The van der Waals surface area contributed by atoms with Crippen LogP contribution in [0.5, 0.6) is 0 Å². The average Bonchev–Trinajstić information content (AvgIpc) is 3.20. The second-order valence-corrected chi connectivity index (χ2v) is 6.89. The average molecular weight is 424 g/mol. The van der Waals surface area contributed by atoms with E-state index in [0.29, 0.717) is 12.0 Å². The fourth-order valence-corrected chi connectivity index (χ4v) is 3.52. The number of carbonyl (C=O) groups is 3. The first kappa shape index (κ1) is 22.0. The monoisotopic (exact) mass is 424 g/mol. The lowest BCUT2D eigenvalue weighted by Gasteiger charge is -2.07. The summed E-state index contributed by atoms with van der Waals surface area (Å²) in [5.74, 6) is -2.26. The Kier molecular flexibility index (Phi) is 7.04. The molecule has 0 saturated heterocycles. The number of ether oxygens (including phenoxy) is 2. The van der Waals surface area contributed by atoms with Gasteiger partial charge in [0.2, 0.25) is 5.69 Å².